The summed E-state index contributed by atoms with van der Waals surface area (Å²) in [6.45, 7) is 9.10. The van der Waals surface area contributed by atoms with Crippen LogP contribution in [-0.4, -0.2) is 0 Å². The summed E-state index contributed by atoms with van der Waals surface area (Å²) in [7, 11) is 0. The Morgan fingerprint density at radius 2 is 0.821 bits per heavy atom. The molecule has 2 atom stereocenters. The Bertz CT molecular complexity index is 2360. The standard InChI is InChI=1S/C54H50N2/c1-41-17-11-15-25-49(41)53(3)35-29-43(30-36-53)33-39-55(45-19-7-5-8-20-45)51-27-28-52(48-24-14-13-23-47(48)51)56(46-21-9-6-10-22-46)40-34-44-31-37-54(4,38-32-44)50-26-16-12-18-42(50)2/h5-35,37,39-40H,36,38H2,1-4H3. The number of nitrogens with zero attached hydrogens (tertiary/aromatic N) is 2. The molecular formula is C54H50N2. The molecule has 6 aromatic carbocycles. The maximum absolute atomic E-state index is 2.37. The molecule has 0 heterocycles. The van der Waals surface area contributed by atoms with Crippen molar-refractivity contribution in [2.24, 2.45) is 0 Å². The second-order valence-corrected chi connectivity index (χ2v) is 15.6. The number of fused-ring (bicyclic) bond motifs is 1. The molecule has 6 aromatic rings. The molecule has 2 heteroatoms. The minimum atomic E-state index is -0.0153. The largest absolute Gasteiger partial charge is 0.317 e. The van der Waals surface area contributed by atoms with Crippen molar-refractivity contribution in [2.75, 3.05) is 9.80 Å². The van der Waals surface area contributed by atoms with Crippen LogP contribution in [0, 0.1) is 13.8 Å². The van der Waals surface area contributed by atoms with Crippen molar-refractivity contribution in [3.63, 3.8) is 0 Å². The van der Waals surface area contributed by atoms with E-state index in [2.05, 4.69) is 244 Å². The molecule has 0 saturated heterocycles. The molecule has 0 N–H and O–H groups in total. The maximum Gasteiger partial charge on any atom is 0.0535 e. The van der Waals surface area contributed by atoms with E-state index in [9.17, 15) is 0 Å². The summed E-state index contributed by atoms with van der Waals surface area (Å²) in [4.78, 5) is 4.64. The lowest BCUT2D eigenvalue weighted by Crippen LogP contribution is -2.21. The first-order chi connectivity index (χ1) is 27.3. The molecule has 0 aromatic heterocycles. The Hall–Kier alpha value is -6.38. The molecule has 2 aliphatic rings. The van der Waals surface area contributed by atoms with E-state index in [-0.39, 0.29) is 10.8 Å². The number of para-hydroxylation sites is 2. The first kappa shape index (κ1) is 36.6. The van der Waals surface area contributed by atoms with Gasteiger partial charge >= 0.3 is 0 Å². The minimum absolute atomic E-state index is 0.0153. The van der Waals surface area contributed by atoms with Gasteiger partial charge in [-0.2, -0.15) is 0 Å². The van der Waals surface area contributed by atoms with E-state index in [1.165, 1.54) is 44.2 Å². The van der Waals surface area contributed by atoms with E-state index in [0.717, 1.165) is 35.6 Å². The van der Waals surface area contributed by atoms with Gasteiger partial charge in [-0.15, -0.1) is 0 Å². The third-order valence-electron chi connectivity index (χ3n) is 11.6. The Labute approximate surface area is 333 Å². The second-order valence-electron chi connectivity index (χ2n) is 15.6. The summed E-state index contributed by atoms with van der Waals surface area (Å²) in [6, 6.07) is 52.2. The van der Waals surface area contributed by atoms with E-state index in [0.29, 0.717) is 0 Å². The van der Waals surface area contributed by atoms with Gasteiger partial charge < -0.3 is 9.80 Å². The molecule has 0 radical (unpaired) electrons. The first-order valence-corrected chi connectivity index (χ1v) is 19.8. The molecular weight excluding hydrogens is 677 g/mol. The quantitative estimate of drug-likeness (QED) is 0.139. The minimum Gasteiger partial charge on any atom is -0.317 e. The van der Waals surface area contributed by atoms with Gasteiger partial charge in [-0.25, -0.2) is 0 Å². The van der Waals surface area contributed by atoms with E-state index in [1.54, 1.807) is 0 Å². The lowest BCUT2D eigenvalue weighted by atomic mass is 9.74. The molecule has 8 rings (SSSR count). The molecule has 0 fully saturated rings. The van der Waals surface area contributed by atoms with Crippen molar-refractivity contribution in [1.29, 1.82) is 0 Å². The van der Waals surface area contributed by atoms with Crippen molar-refractivity contribution in [3.05, 3.63) is 240 Å². The number of anilines is 4. The Morgan fingerprint density at radius 1 is 0.446 bits per heavy atom. The number of hydrogen-bond donors (Lipinski definition) is 0. The molecule has 276 valence electrons. The molecule has 0 saturated carbocycles. The van der Waals surface area contributed by atoms with Gasteiger partial charge in [-0.05, 0) is 109 Å². The van der Waals surface area contributed by atoms with E-state index in [4.69, 9.17) is 0 Å². The van der Waals surface area contributed by atoms with Crippen molar-refractivity contribution >= 4 is 33.5 Å². The topological polar surface area (TPSA) is 6.48 Å². The zero-order chi connectivity index (χ0) is 38.5. The number of aryl methyl sites for hydroxylation is 2. The predicted molar refractivity (Wildman–Crippen MR) is 240 cm³/mol. The second kappa shape index (κ2) is 15.8. The summed E-state index contributed by atoms with van der Waals surface area (Å²) >= 11 is 0. The smallest absolute Gasteiger partial charge is 0.0535 e. The lowest BCUT2D eigenvalue weighted by Gasteiger charge is -2.30. The number of allylic oxidation sites excluding steroid dienone is 10. The van der Waals surface area contributed by atoms with E-state index >= 15 is 0 Å². The molecule has 0 aliphatic heterocycles. The van der Waals surface area contributed by atoms with Gasteiger partial charge in [0.15, 0.2) is 0 Å². The fourth-order valence-corrected chi connectivity index (χ4v) is 8.36. The maximum atomic E-state index is 2.37. The predicted octanol–water partition coefficient (Wildman–Crippen LogP) is 14.4. The van der Waals surface area contributed by atoms with Gasteiger partial charge in [0.25, 0.3) is 0 Å². The van der Waals surface area contributed by atoms with E-state index < -0.39 is 0 Å². The number of hydrogen-bond acceptors (Lipinski definition) is 2. The molecule has 0 amide bonds. The zero-order valence-electron chi connectivity index (χ0n) is 32.9. The van der Waals surface area contributed by atoms with Gasteiger partial charge in [0.2, 0.25) is 0 Å². The summed E-state index contributed by atoms with van der Waals surface area (Å²) in [5, 5.41) is 2.36. The van der Waals surface area contributed by atoms with Crippen molar-refractivity contribution in [3.8, 4) is 0 Å². The Kier molecular flexibility index (Phi) is 10.3. The normalized spacial score (nSPS) is 19.4. The zero-order valence-corrected chi connectivity index (χ0v) is 32.9. The summed E-state index contributed by atoms with van der Waals surface area (Å²) in [5.74, 6) is 0. The molecule has 0 bridgehead atoms. The number of rotatable bonds is 10. The van der Waals surface area contributed by atoms with Crippen LogP contribution in [0.3, 0.4) is 0 Å². The molecule has 56 heavy (non-hydrogen) atoms. The SMILES string of the molecule is Cc1ccccc1C1(C)C=CC(C=CN(c2ccccc2)c2ccc(N(C=CC3=CCC(C)(c4ccccc4C)C=C3)c3ccccc3)c3ccccc23)=CC1. The van der Waals surface area contributed by atoms with Crippen molar-refractivity contribution in [2.45, 2.75) is 51.4 Å². The van der Waals surface area contributed by atoms with Gasteiger partial charge in [-0.3, -0.25) is 0 Å². The number of benzene rings is 6. The highest BCUT2D eigenvalue weighted by atomic mass is 15.1. The Morgan fingerprint density at radius 3 is 1.20 bits per heavy atom. The van der Waals surface area contributed by atoms with E-state index in [1.807, 2.05) is 0 Å². The summed E-state index contributed by atoms with van der Waals surface area (Å²) < 4.78 is 0. The third-order valence-corrected chi connectivity index (χ3v) is 11.6. The van der Waals surface area contributed by atoms with Gasteiger partial charge in [0.05, 0.1) is 11.4 Å². The van der Waals surface area contributed by atoms with Gasteiger partial charge in [0, 0.05) is 45.4 Å². The summed E-state index contributed by atoms with van der Waals surface area (Å²) in [6.07, 6.45) is 24.9. The molecule has 0 spiro atoms. The fourth-order valence-electron chi connectivity index (χ4n) is 8.36. The monoisotopic (exact) mass is 726 g/mol. The van der Waals surface area contributed by atoms with Crippen LogP contribution in [0.4, 0.5) is 22.7 Å². The van der Waals surface area contributed by atoms with Crippen LogP contribution in [-0.2, 0) is 10.8 Å². The molecule has 2 unspecified atom stereocenters. The van der Waals surface area contributed by atoms with Crippen LogP contribution in [0.5, 0.6) is 0 Å². The Balaban J connectivity index is 1.13. The molecule has 2 aliphatic carbocycles. The van der Waals surface area contributed by atoms with Crippen LogP contribution in [0.25, 0.3) is 10.8 Å². The van der Waals surface area contributed by atoms with Crippen LogP contribution in [0.15, 0.2) is 218 Å². The van der Waals surface area contributed by atoms with Crippen LogP contribution >= 0.6 is 0 Å². The van der Waals surface area contributed by atoms with Crippen molar-refractivity contribution in [1.82, 2.24) is 0 Å². The molecule has 2 nitrogen and oxygen atoms in total. The van der Waals surface area contributed by atoms with Crippen LogP contribution in [0.2, 0.25) is 0 Å². The highest BCUT2D eigenvalue weighted by molar-refractivity contribution is 6.05. The third kappa shape index (κ3) is 7.48. The average Bonchev–Trinajstić information content (AvgIpc) is 3.24. The average molecular weight is 727 g/mol. The van der Waals surface area contributed by atoms with Crippen LogP contribution in [0.1, 0.15) is 48.9 Å². The highest BCUT2D eigenvalue weighted by Gasteiger charge is 2.27. The lowest BCUT2D eigenvalue weighted by molar-refractivity contribution is 0.593. The fraction of sp³-hybridized carbons (Fsp3) is 0.148. The summed E-state index contributed by atoms with van der Waals surface area (Å²) in [5.41, 5.74) is 12.3. The van der Waals surface area contributed by atoms with Crippen LogP contribution < -0.4 is 9.80 Å². The first-order valence-electron chi connectivity index (χ1n) is 19.8. The van der Waals surface area contributed by atoms with Crippen molar-refractivity contribution < 1.29 is 0 Å². The van der Waals surface area contributed by atoms with Gasteiger partial charge in [-0.1, -0.05) is 159 Å². The van der Waals surface area contributed by atoms with Gasteiger partial charge in [0.1, 0.15) is 0 Å². The highest BCUT2D eigenvalue weighted by Crippen LogP contribution is 2.42.